The molecule has 0 bridgehead atoms. The Bertz CT molecular complexity index is 1050. The molecule has 0 aromatic heterocycles. The van der Waals surface area contributed by atoms with Gasteiger partial charge >= 0.3 is 0 Å². The zero-order valence-corrected chi connectivity index (χ0v) is 18.3. The highest BCUT2D eigenvalue weighted by molar-refractivity contribution is 7.89. The Morgan fingerprint density at radius 3 is 1.87 bits per heavy atom. The second kappa shape index (κ2) is 10.2. The van der Waals surface area contributed by atoms with E-state index < -0.39 is 22.0 Å². The van der Waals surface area contributed by atoms with Gasteiger partial charge in [0.25, 0.3) is 0 Å². The van der Waals surface area contributed by atoms with Gasteiger partial charge in [-0.25, -0.2) is 8.42 Å². The van der Waals surface area contributed by atoms with Crippen LogP contribution in [-0.4, -0.2) is 34.0 Å². The molecule has 0 heterocycles. The summed E-state index contributed by atoms with van der Waals surface area (Å²) in [5.41, 5.74) is 2.14. The third-order valence-corrected chi connectivity index (χ3v) is 6.54. The Kier molecular flexibility index (Phi) is 7.44. The van der Waals surface area contributed by atoms with Crippen LogP contribution < -0.4 is 14.8 Å². The van der Waals surface area contributed by atoms with Crippen LogP contribution in [0.5, 0.6) is 5.75 Å². The normalized spacial score (nSPS) is 12.4. The molecule has 0 saturated carbocycles. The summed E-state index contributed by atoms with van der Waals surface area (Å²) in [5.74, 6) is 0.114. The summed E-state index contributed by atoms with van der Waals surface area (Å²) in [7, 11) is -2.33. The van der Waals surface area contributed by atoms with Crippen molar-refractivity contribution in [1.29, 1.82) is 0 Å². The minimum absolute atomic E-state index is 0.0447. The third-order valence-electron chi connectivity index (χ3n) is 4.98. The number of sulfonamides is 1. The van der Waals surface area contributed by atoms with E-state index in [0.29, 0.717) is 12.3 Å². The fourth-order valence-corrected chi connectivity index (χ4v) is 4.47. The number of benzene rings is 3. The molecule has 0 saturated heterocycles. The lowest BCUT2D eigenvalue weighted by Gasteiger charge is -2.21. The van der Waals surface area contributed by atoms with E-state index in [-0.39, 0.29) is 10.8 Å². The number of carbonyl (C=O) groups excluding carboxylic acids is 1. The summed E-state index contributed by atoms with van der Waals surface area (Å²) < 4.78 is 32.7. The van der Waals surface area contributed by atoms with E-state index in [0.717, 1.165) is 11.1 Å². The van der Waals surface area contributed by atoms with Gasteiger partial charge in [0.05, 0.1) is 18.0 Å². The van der Waals surface area contributed by atoms with Gasteiger partial charge in [0.1, 0.15) is 5.75 Å². The van der Waals surface area contributed by atoms with Crippen LogP contribution >= 0.6 is 0 Å². The van der Waals surface area contributed by atoms with Gasteiger partial charge < -0.3 is 10.1 Å². The van der Waals surface area contributed by atoms with E-state index in [4.69, 9.17) is 4.74 Å². The van der Waals surface area contributed by atoms with Crippen molar-refractivity contribution in [3.05, 3.63) is 96.1 Å². The topological polar surface area (TPSA) is 84.5 Å². The molecule has 7 heteroatoms. The first-order chi connectivity index (χ1) is 14.9. The van der Waals surface area contributed by atoms with E-state index in [2.05, 4.69) is 10.0 Å². The van der Waals surface area contributed by atoms with Gasteiger partial charge in [0, 0.05) is 12.5 Å². The highest BCUT2D eigenvalue weighted by Crippen LogP contribution is 2.23. The average molecular weight is 439 g/mol. The highest BCUT2D eigenvalue weighted by atomic mass is 32.2. The van der Waals surface area contributed by atoms with Crippen molar-refractivity contribution < 1.29 is 17.9 Å². The molecule has 1 atom stereocenters. The molecule has 3 aromatic rings. The van der Waals surface area contributed by atoms with Crippen molar-refractivity contribution in [3.63, 3.8) is 0 Å². The maximum Gasteiger partial charge on any atom is 0.241 e. The Hall–Kier alpha value is -3.16. The van der Waals surface area contributed by atoms with Crippen LogP contribution in [0.25, 0.3) is 0 Å². The molecule has 3 aromatic carbocycles. The molecule has 0 aliphatic rings. The number of hydrogen-bond acceptors (Lipinski definition) is 4. The highest BCUT2D eigenvalue weighted by Gasteiger charge is 2.23. The number of hydrogen-bond donors (Lipinski definition) is 2. The fourth-order valence-electron chi connectivity index (χ4n) is 3.26. The van der Waals surface area contributed by atoms with E-state index in [9.17, 15) is 13.2 Å². The van der Waals surface area contributed by atoms with Crippen LogP contribution in [0.2, 0.25) is 0 Å². The van der Waals surface area contributed by atoms with Gasteiger partial charge in [-0.3, -0.25) is 4.79 Å². The Labute approximate surface area is 183 Å². The minimum Gasteiger partial charge on any atom is -0.497 e. The van der Waals surface area contributed by atoms with Crippen molar-refractivity contribution >= 4 is 15.9 Å². The molecule has 1 amide bonds. The quantitative estimate of drug-likeness (QED) is 0.537. The van der Waals surface area contributed by atoms with Crippen molar-refractivity contribution in [2.45, 2.75) is 23.8 Å². The fraction of sp³-hybridized carbons (Fsp3) is 0.208. The summed E-state index contributed by atoms with van der Waals surface area (Å²) in [5, 5.41) is 2.89. The Morgan fingerprint density at radius 2 is 1.39 bits per heavy atom. The van der Waals surface area contributed by atoms with E-state index in [1.54, 1.807) is 12.1 Å². The summed E-state index contributed by atoms with van der Waals surface area (Å²) in [4.78, 5) is 12.7. The summed E-state index contributed by atoms with van der Waals surface area (Å²) in [6, 6.07) is 24.8. The number of carbonyl (C=O) groups is 1. The molecule has 162 valence electrons. The van der Waals surface area contributed by atoms with Crippen LogP contribution in [0.1, 0.15) is 24.0 Å². The van der Waals surface area contributed by atoms with Gasteiger partial charge in [-0.2, -0.15) is 4.72 Å². The zero-order chi connectivity index (χ0) is 22.3. The van der Waals surface area contributed by atoms with Crippen LogP contribution in [0.3, 0.4) is 0 Å². The van der Waals surface area contributed by atoms with E-state index in [1.165, 1.54) is 26.2 Å². The summed E-state index contributed by atoms with van der Waals surface area (Å²) in [6.45, 7) is 1.87. The molecule has 0 fully saturated rings. The van der Waals surface area contributed by atoms with Crippen molar-refractivity contribution in [2.75, 3.05) is 13.7 Å². The third kappa shape index (κ3) is 5.93. The second-order valence-corrected chi connectivity index (χ2v) is 8.85. The SMILES string of the molecule is COc1ccc(S(=O)(=O)N[C@@H](C)C(=O)NCC(c2ccccc2)c2ccccc2)cc1. The first-order valence-electron chi connectivity index (χ1n) is 9.94. The molecule has 6 nitrogen and oxygen atoms in total. The number of nitrogens with one attached hydrogen (secondary N) is 2. The van der Waals surface area contributed by atoms with E-state index >= 15 is 0 Å². The lowest BCUT2D eigenvalue weighted by atomic mass is 9.91. The van der Waals surface area contributed by atoms with Gasteiger partial charge in [0.2, 0.25) is 15.9 Å². The first kappa shape index (κ1) is 22.5. The molecule has 0 aliphatic heterocycles. The zero-order valence-electron chi connectivity index (χ0n) is 17.5. The van der Waals surface area contributed by atoms with Crippen molar-refractivity contribution in [2.24, 2.45) is 0 Å². The Morgan fingerprint density at radius 1 is 0.871 bits per heavy atom. The maximum atomic E-state index is 12.7. The summed E-state index contributed by atoms with van der Waals surface area (Å²) >= 11 is 0. The van der Waals surface area contributed by atoms with E-state index in [1.807, 2.05) is 60.7 Å². The standard InChI is InChI=1S/C24H26N2O4S/c1-18(26-31(28,29)22-15-13-21(30-2)14-16-22)24(27)25-17-23(19-9-5-3-6-10-19)20-11-7-4-8-12-20/h3-16,18,23,26H,17H2,1-2H3,(H,25,27)/t18-/m0/s1. The largest absolute Gasteiger partial charge is 0.497 e. The summed E-state index contributed by atoms with van der Waals surface area (Å²) in [6.07, 6.45) is 0. The smallest absolute Gasteiger partial charge is 0.241 e. The minimum atomic E-state index is -3.84. The van der Waals surface area contributed by atoms with Gasteiger partial charge in [-0.15, -0.1) is 0 Å². The number of rotatable bonds is 9. The monoisotopic (exact) mass is 438 g/mol. The molecule has 2 N–H and O–H groups in total. The molecule has 0 spiro atoms. The maximum absolute atomic E-state index is 12.7. The predicted molar refractivity (Wildman–Crippen MR) is 121 cm³/mol. The van der Waals surface area contributed by atoms with Gasteiger partial charge in [0.15, 0.2) is 0 Å². The van der Waals surface area contributed by atoms with Gasteiger partial charge in [-0.05, 0) is 42.3 Å². The van der Waals surface area contributed by atoms with Gasteiger partial charge in [-0.1, -0.05) is 60.7 Å². The molecule has 0 unspecified atom stereocenters. The van der Waals surface area contributed by atoms with Crippen LogP contribution in [0.15, 0.2) is 89.8 Å². The molecule has 31 heavy (non-hydrogen) atoms. The van der Waals surface area contributed by atoms with Crippen LogP contribution in [0, 0.1) is 0 Å². The van der Waals surface area contributed by atoms with Crippen LogP contribution in [0.4, 0.5) is 0 Å². The number of methoxy groups -OCH3 is 1. The molecule has 0 radical (unpaired) electrons. The van der Waals surface area contributed by atoms with Crippen LogP contribution in [-0.2, 0) is 14.8 Å². The number of ether oxygens (including phenoxy) is 1. The second-order valence-electron chi connectivity index (χ2n) is 7.14. The average Bonchev–Trinajstić information content (AvgIpc) is 2.80. The molecule has 0 aliphatic carbocycles. The lowest BCUT2D eigenvalue weighted by Crippen LogP contribution is -2.45. The first-order valence-corrected chi connectivity index (χ1v) is 11.4. The molecular weight excluding hydrogens is 412 g/mol. The number of amides is 1. The molecular formula is C24H26N2O4S. The predicted octanol–water partition coefficient (Wildman–Crippen LogP) is 3.31. The van der Waals surface area contributed by atoms with Crippen molar-refractivity contribution in [1.82, 2.24) is 10.0 Å². The lowest BCUT2D eigenvalue weighted by molar-refractivity contribution is -0.122. The van der Waals surface area contributed by atoms with Crippen molar-refractivity contribution in [3.8, 4) is 5.75 Å². The Balaban J connectivity index is 1.67. The molecule has 3 rings (SSSR count).